The Kier molecular flexibility index (Phi) is 6.07. The molecule has 2 rings (SSSR count). The zero-order valence-corrected chi connectivity index (χ0v) is 13.7. The summed E-state index contributed by atoms with van der Waals surface area (Å²) in [6, 6.07) is 0. The zero-order chi connectivity index (χ0) is 14.5. The van der Waals surface area contributed by atoms with Crippen LogP contribution in [0.15, 0.2) is 0 Å². The Hall–Kier alpha value is -0.370. The van der Waals surface area contributed by atoms with Crippen LogP contribution in [0.25, 0.3) is 0 Å². The number of nitrogens with zero attached hydrogens (tertiary/aromatic N) is 1. The number of carbonyl (C=O) groups excluding carboxylic acids is 1. The van der Waals surface area contributed by atoms with Crippen LogP contribution in [0.1, 0.15) is 65.7 Å². The van der Waals surface area contributed by atoms with Gasteiger partial charge in [0.2, 0.25) is 0 Å². The Labute approximate surface area is 125 Å². The second kappa shape index (κ2) is 7.59. The Morgan fingerprint density at radius 2 is 2.00 bits per heavy atom. The summed E-state index contributed by atoms with van der Waals surface area (Å²) < 4.78 is 0. The summed E-state index contributed by atoms with van der Waals surface area (Å²) in [5, 5.41) is 0. The summed E-state index contributed by atoms with van der Waals surface area (Å²) in [5.74, 6) is 2.97. The number of rotatable bonds is 4. The molecule has 0 spiro atoms. The van der Waals surface area contributed by atoms with Crippen LogP contribution in [0.5, 0.6) is 0 Å². The summed E-state index contributed by atoms with van der Waals surface area (Å²) in [4.78, 5) is 14.9. The molecular weight excluding hydrogens is 246 g/mol. The van der Waals surface area contributed by atoms with E-state index in [-0.39, 0.29) is 0 Å². The van der Waals surface area contributed by atoms with E-state index in [1.54, 1.807) is 0 Å². The van der Waals surface area contributed by atoms with Gasteiger partial charge in [-0.1, -0.05) is 33.6 Å². The van der Waals surface area contributed by atoms with Crippen LogP contribution in [0.2, 0.25) is 0 Å². The highest BCUT2D eigenvalue weighted by Crippen LogP contribution is 2.32. The predicted octanol–water partition coefficient (Wildman–Crippen LogP) is 4.14. The van der Waals surface area contributed by atoms with Gasteiger partial charge in [-0.15, -0.1) is 0 Å². The van der Waals surface area contributed by atoms with Crippen LogP contribution in [0.3, 0.4) is 0 Å². The SMILES string of the molecule is CCCC1CCCN(CC2C(=O)CC(C)CC2C)CC1. The lowest BCUT2D eigenvalue weighted by Gasteiger charge is -2.34. The van der Waals surface area contributed by atoms with Crippen molar-refractivity contribution in [3.63, 3.8) is 0 Å². The van der Waals surface area contributed by atoms with E-state index in [2.05, 4.69) is 25.7 Å². The number of hydrogen-bond acceptors (Lipinski definition) is 2. The zero-order valence-electron chi connectivity index (χ0n) is 13.7. The van der Waals surface area contributed by atoms with Crippen molar-refractivity contribution in [3.05, 3.63) is 0 Å². The minimum Gasteiger partial charge on any atom is -0.303 e. The lowest BCUT2D eigenvalue weighted by atomic mass is 9.74. The number of likely N-dealkylation sites (tertiary alicyclic amines) is 1. The second-order valence-electron chi connectivity index (χ2n) is 7.48. The number of ketones is 1. The van der Waals surface area contributed by atoms with Crippen LogP contribution in [0.4, 0.5) is 0 Å². The first-order valence-corrected chi connectivity index (χ1v) is 8.85. The maximum Gasteiger partial charge on any atom is 0.137 e. The highest BCUT2D eigenvalue weighted by atomic mass is 16.1. The maximum absolute atomic E-state index is 12.3. The van der Waals surface area contributed by atoms with Gasteiger partial charge in [0.15, 0.2) is 0 Å². The van der Waals surface area contributed by atoms with Gasteiger partial charge in [0.1, 0.15) is 5.78 Å². The minimum atomic E-state index is 0.314. The molecule has 116 valence electrons. The third-order valence-electron chi connectivity index (χ3n) is 5.52. The minimum absolute atomic E-state index is 0.314. The van der Waals surface area contributed by atoms with Gasteiger partial charge < -0.3 is 4.90 Å². The Morgan fingerprint density at radius 1 is 1.20 bits per heavy atom. The van der Waals surface area contributed by atoms with Crippen molar-refractivity contribution in [1.82, 2.24) is 4.90 Å². The summed E-state index contributed by atoms with van der Waals surface area (Å²) in [6.45, 7) is 10.3. The molecule has 0 amide bonds. The molecular formula is C18H33NO. The first-order valence-electron chi connectivity index (χ1n) is 8.85. The van der Waals surface area contributed by atoms with Gasteiger partial charge in [0.05, 0.1) is 0 Å². The molecule has 4 unspecified atom stereocenters. The predicted molar refractivity (Wildman–Crippen MR) is 84.7 cm³/mol. The van der Waals surface area contributed by atoms with Crippen LogP contribution in [0, 0.1) is 23.7 Å². The second-order valence-corrected chi connectivity index (χ2v) is 7.48. The van der Waals surface area contributed by atoms with Crippen molar-refractivity contribution < 1.29 is 4.79 Å². The third kappa shape index (κ3) is 4.31. The fourth-order valence-electron chi connectivity index (χ4n) is 4.36. The normalized spacial score (nSPS) is 36.9. The quantitative estimate of drug-likeness (QED) is 0.771. The van der Waals surface area contributed by atoms with E-state index in [1.807, 2.05) is 0 Å². The van der Waals surface area contributed by atoms with Crippen molar-refractivity contribution >= 4 is 5.78 Å². The van der Waals surface area contributed by atoms with Gasteiger partial charge in [0.25, 0.3) is 0 Å². The Morgan fingerprint density at radius 3 is 2.70 bits per heavy atom. The van der Waals surface area contributed by atoms with Crippen LogP contribution >= 0.6 is 0 Å². The van der Waals surface area contributed by atoms with Crippen molar-refractivity contribution in [2.24, 2.45) is 23.7 Å². The lowest BCUT2D eigenvalue weighted by molar-refractivity contribution is -0.128. The van der Waals surface area contributed by atoms with Gasteiger partial charge in [-0.05, 0) is 56.5 Å². The topological polar surface area (TPSA) is 20.3 Å². The molecule has 4 atom stereocenters. The molecule has 1 aliphatic carbocycles. The van der Waals surface area contributed by atoms with Crippen LogP contribution in [-0.2, 0) is 4.79 Å². The van der Waals surface area contributed by atoms with E-state index in [4.69, 9.17) is 0 Å². The smallest absolute Gasteiger partial charge is 0.137 e. The molecule has 2 fully saturated rings. The van der Waals surface area contributed by atoms with Gasteiger partial charge in [-0.3, -0.25) is 4.79 Å². The Bertz CT molecular complexity index is 315. The van der Waals surface area contributed by atoms with Crippen molar-refractivity contribution in [2.75, 3.05) is 19.6 Å². The summed E-state index contributed by atoms with van der Waals surface area (Å²) in [6.07, 6.45) is 8.85. The summed E-state index contributed by atoms with van der Waals surface area (Å²) >= 11 is 0. The molecule has 0 aromatic carbocycles. The van der Waals surface area contributed by atoms with E-state index in [0.717, 1.165) is 18.9 Å². The van der Waals surface area contributed by atoms with Crippen molar-refractivity contribution in [1.29, 1.82) is 0 Å². The Balaban J connectivity index is 1.85. The van der Waals surface area contributed by atoms with Gasteiger partial charge in [-0.2, -0.15) is 0 Å². The van der Waals surface area contributed by atoms with Crippen LogP contribution in [-0.4, -0.2) is 30.3 Å². The number of carbonyl (C=O) groups is 1. The summed E-state index contributed by atoms with van der Waals surface area (Å²) in [7, 11) is 0. The first kappa shape index (κ1) is 16.0. The molecule has 2 aliphatic rings. The monoisotopic (exact) mass is 279 g/mol. The van der Waals surface area contributed by atoms with Crippen molar-refractivity contribution in [2.45, 2.75) is 65.7 Å². The van der Waals surface area contributed by atoms with E-state index in [9.17, 15) is 4.79 Å². The molecule has 20 heavy (non-hydrogen) atoms. The van der Waals surface area contributed by atoms with Crippen LogP contribution < -0.4 is 0 Å². The first-order chi connectivity index (χ1) is 9.60. The highest BCUT2D eigenvalue weighted by Gasteiger charge is 2.33. The average Bonchev–Trinajstić information content (AvgIpc) is 2.60. The molecule has 1 aliphatic heterocycles. The molecule has 0 aromatic rings. The fourth-order valence-corrected chi connectivity index (χ4v) is 4.36. The standard InChI is InChI=1S/C18H33NO/c1-4-6-16-7-5-9-19(10-8-16)13-17-15(3)11-14(2)12-18(17)20/h14-17H,4-13H2,1-3H3. The molecule has 0 radical (unpaired) electrons. The molecule has 0 bridgehead atoms. The summed E-state index contributed by atoms with van der Waals surface area (Å²) in [5.41, 5.74) is 0. The van der Waals surface area contributed by atoms with E-state index in [1.165, 1.54) is 51.6 Å². The molecule has 0 aromatic heterocycles. The van der Waals surface area contributed by atoms with Crippen molar-refractivity contribution in [3.8, 4) is 0 Å². The lowest BCUT2D eigenvalue weighted by Crippen LogP contribution is -2.40. The molecule has 2 nitrogen and oxygen atoms in total. The molecule has 1 saturated heterocycles. The van der Waals surface area contributed by atoms with E-state index in [0.29, 0.717) is 23.5 Å². The van der Waals surface area contributed by atoms with Gasteiger partial charge in [0, 0.05) is 18.9 Å². The fraction of sp³-hybridized carbons (Fsp3) is 0.944. The number of Topliss-reactive ketones (excluding diaryl/α,β-unsaturated/α-hetero) is 1. The van der Waals surface area contributed by atoms with E-state index >= 15 is 0 Å². The van der Waals surface area contributed by atoms with Gasteiger partial charge >= 0.3 is 0 Å². The maximum atomic E-state index is 12.3. The largest absolute Gasteiger partial charge is 0.303 e. The van der Waals surface area contributed by atoms with Gasteiger partial charge in [-0.25, -0.2) is 0 Å². The average molecular weight is 279 g/mol. The third-order valence-corrected chi connectivity index (χ3v) is 5.52. The molecule has 1 saturated carbocycles. The van der Waals surface area contributed by atoms with E-state index < -0.39 is 0 Å². The molecule has 0 N–H and O–H groups in total. The molecule has 1 heterocycles. The molecule has 2 heteroatoms. The number of hydrogen-bond donors (Lipinski definition) is 0. The highest BCUT2D eigenvalue weighted by molar-refractivity contribution is 5.82.